The van der Waals surface area contributed by atoms with E-state index in [1.165, 1.54) is 0 Å². The summed E-state index contributed by atoms with van der Waals surface area (Å²) >= 11 is 3.42. The summed E-state index contributed by atoms with van der Waals surface area (Å²) in [5.74, 6) is 0.733. The molecule has 0 aliphatic carbocycles. The molecule has 0 spiro atoms. The number of aromatic nitrogens is 2. The minimum absolute atomic E-state index is 0.0803. The van der Waals surface area contributed by atoms with Crippen LogP contribution in [-0.2, 0) is 15.6 Å². The molecule has 0 radical (unpaired) electrons. The van der Waals surface area contributed by atoms with Crippen molar-refractivity contribution in [3.8, 4) is 5.75 Å². The Hall–Kier alpha value is -1.05. The molecule has 0 fully saturated rings. The molecular formula is C13H14BrClN2O3S. The Kier molecular flexibility index (Phi) is 4.65. The first-order valence-electron chi connectivity index (χ1n) is 6.05. The number of aryl methyl sites for hydroxylation is 1. The van der Waals surface area contributed by atoms with Crippen LogP contribution in [0, 0.1) is 13.8 Å². The van der Waals surface area contributed by atoms with Crippen molar-refractivity contribution in [2.45, 2.75) is 25.3 Å². The normalized spacial score (nSPS) is 11.7. The van der Waals surface area contributed by atoms with Crippen LogP contribution in [0.1, 0.15) is 17.0 Å². The molecule has 0 saturated carbocycles. The summed E-state index contributed by atoms with van der Waals surface area (Å²) < 4.78 is 30.8. The predicted molar refractivity (Wildman–Crippen MR) is 84.5 cm³/mol. The Morgan fingerprint density at radius 3 is 2.52 bits per heavy atom. The number of nitrogens with zero attached hydrogens (tertiary/aromatic N) is 2. The van der Waals surface area contributed by atoms with Gasteiger partial charge in [0.25, 0.3) is 9.05 Å². The van der Waals surface area contributed by atoms with Gasteiger partial charge in [0.2, 0.25) is 0 Å². The van der Waals surface area contributed by atoms with Gasteiger partial charge in [-0.1, -0.05) is 6.07 Å². The van der Waals surface area contributed by atoms with Crippen LogP contribution in [0.25, 0.3) is 0 Å². The van der Waals surface area contributed by atoms with Gasteiger partial charge in [0, 0.05) is 10.7 Å². The van der Waals surface area contributed by atoms with E-state index in [9.17, 15) is 8.42 Å². The van der Waals surface area contributed by atoms with E-state index in [2.05, 4.69) is 21.0 Å². The lowest BCUT2D eigenvalue weighted by atomic mass is 10.2. The number of rotatable bonds is 4. The summed E-state index contributed by atoms with van der Waals surface area (Å²) in [6.45, 7) is 3.76. The summed E-state index contributed by atoms with van der Waals surface area (Å²) in [5, 5.41) is 4.25. The molecule has 2 rings (SSSR count). The molecule has 2 aromatic rings. The van der Waals surface area contributed by atoms with E-state index in [1.807, 2.05) is 18.2 Å². The van der Waals surface area contributed by atoms with Gasteiger partial charge >= 0.3 is 0 Å². The highest BCUT2D eigenvalue weighted by Crippen LogP contribution is 2.27. The highest BCUT2D eigenvalue weighted by atomic mass is 79.9. The third-order valence-corrected chi connectivity index (χ3v) is 5.27. The van der Waals surface area contributed by atoms with E-state index in [4.69, 9.17) is 15.4 Å². The monoisotopic (exact) mass is 392 g/mol. The quantitative estimate of drug-likeness (QED) is 0.748. The predicted octanol–water partition coefficient (Wildman–Crippen LogP) is 3.25. The van der Waals surface area contributed by atoms with Gasteiger partial charge in [-0.2, -0.15) is 5.10 Å². The zero-order valence-electron chi connectivity index (χ0n) is 11.7. The standard InChI is InChI=1S/C13H14BrClN2O3S/c1-8-13(21(15,18)19)9(2)17(16-8)7-10-4-5-12(20-3)11(14)6-10/h4-6H,7H2,1-3H3. The second kappa shape index (κ2) is 5.98. The van der Waals surface area contributed by atoms with Crippen LogP contribution in [0.15, 0.2) is 27.6 Å². The van der Waals surface area contributed by atoms with Crippen molar-refractivity contribution in [3.05, 3.63) is 39.6 Å². The zero-order chi connectivity index (χ0) is 15.8. The van der Waals surface area contributed by atoms with Gasteiger partial charge in [0.1, 0.15) is 10.6 Å². The molecule has 0 aliphatic rings. The average molecular weight is 394 g/mol. The fourth-order valence-electron chi connectivity index (χ4n) is 2.17. The van der Waals surface area contributed by atoms with E-state index < -0.39 is 9.05 Å². The highest BCUT2D eigenvalue weighted by Gasteiger charge is 2.22. The molecule has 0 atom stereocenters. The molecule has 1 aromatic carbocycles. The summed E-state index contributed by atoms with van der Waals surface area (Å²) in [6.07, 6.45) is 0. The van der Waals surface area contributed by atoms with E-state index in [0.29, 0.717) is 17.9 Å². The Labute approximate surface area is 136 Å². The average Bonchev–Trinajstić information content (AvgIpc) is 2.64. The lowest BCUT2D eigenvalue weighted by molar-refractivity contribution is 0.412. The van der Waals surface area contributed by atoms with Crippen molar-refractivity contribution >= 4 is 35.7 Å². The fraction of sp³-hybridized carbons (Fsp3) is 0.308. The summed E-state index contributed by atoms with van der Waals surface area (Å²) in [5.41, 5.74) is 1.89. The third-order valence-electron chi connectivity index (χ3n) is 3.11. The Morgan fingerprint density at radius 2 is 2.05 bits per heavy atom. The summed E-state index contributed by atoms with van der Waals surface area (Å²) in [7, 11) is 3.25. The smallest absolute Gasteiger partial charge is 0.264 e. The second-order valence-corrected chi connectivity index (χ2v) is 7.92. The van der Waals surface area contributed by atoms with Gasteiger partial charge in [-0.05, 0) is 47.5 Å². The van der Waals surface area contributed by atoms with Crippen molar-refractivity contribution in [2.24, 2.45) is 0 Å². The third kappa shape index (κ3) is 3.41. The number of benzene rings is 1. The number of methoxy groups -OCH3 is 1. The van der Waals surface area contributed by atoms with Gasteiger partial charge in [0.15, 0.2) is 0 Å². The van der Waals surface area contributed by atoms with Crippen LogP contribution >= 0.6 is 26.6 Å². The molecule has 0 aliphatic heterocycles. The van der Waals surface area contributed by atoms with Crippen LogP contribution < -0.4 is 4.74 Å². The van der Waals surface area contributed by atoms with Crippen LogP contribution in [-0.4, -0.2) is 25.3 Å². The molecule has 21 heavy (non-hydrogen) atoms. The first-order valence-corrected chi connectivity index (χ1v) is 9.15. The molecule has 0 unspecified atom stereocenters. The lowest BCUT2D eigenvalue weighted by Gasteiger charge is -2.08. The largest absolute Gasteiger partial charge is 0.496 e. The number of ether oxygens (including phenoxy) is 1. The van der Waals surface area contributed by atoms with Crippen molar-refractivity contribution in [3.63, 3.8) is 0 Å². The Balaban J connectivity index is 2.39. The minimum Gasteiger partial charge on any atom is -0.496 e. The van der Waals surface area contributed by atoms with Crippen molar-refractivity contribution in [1.82, 2.24) is 9.78 Å². The maximum atomic E-state index is 11.6. The van der Waals surface area contributed by atoms with Crippen LogP contribution in [0.2, 0.25) is 0 Å². The molecule has 0 bridgehead atoms. The van der Waals surface area contributed by atoms with Crippen LogP contribution in [0.5, 0.6) is 5.75 Å². The Morgan fingerprint density at radius 1 is 1.38 bits per heavy atom. The number of halogens is 2. The van der Waals surface area contributed by atoms with Crippen molar-refractivity contribution in [2.75, 3.05) is 7.11 Å². The van der Waals surface area contributed by atoms with E-state index in [0.717, 1.165) is 15.8 Å². The Bertz CT molecular complexity index is 787. The maximum absolute atomic E-state index is 11.6. The number of hydrogen-bond acceptors (Lipinski definition) is 4. The minimum atomic E-state index is -3.79. The van der Waals surface area contributed by atoms with Gasteiger partial charge in [-0.3, -0.25) is 4.68 Å². The molecule has 0 N–H and O–H groups in total. The molecule has 5 nitrogen and oxygen atoms in total. The molecular weight excluding hydrogens is 380 g/mol. The molecule has 114 valence electrons. The lowest BCUT2D eigenvalue weighted by Crippen LogP contribution is -2.05. The summed E-state index contributed by atoms with van der Waals surface area (Å²) in [6, 6.07) is 5.64. The van der Waals surface area contributed by atoms with Crippen molar-refractivity contribution in [1.29, 1.82) is 0 Å². The first kappa shape index (κ1) is 16.3. The van der Waals surface area contributed by atoms with Crippen LogP contribution in [0.3, 0.4) is 0 Å². The maximum Gasteiger partial charge on any atom is 0.264 e. The van der Waals surface area contributed by atoms with E-state index in [-0.39, 0.29) is 4.90 Å². The van der Waals surface area contributed by atoms with Gasteiger partial charge < -0.3 is 4.74 Å². The van der Waals surface area contributed by atoms with Gasteiger partial charge in [-0.15, -0.1) is 0 Å². The second-order valence-electron chi connectivity index (χ2n) is 4.56. The van der Waals surface area contributed by atoms with Crippen molar-refractivity contribution < 1.29 is 13.2 Å². The fourth-order valence-corrected chi connectivity index (χ4v) is 4.28. The first-order chi connectivity index (χ1) is 9.74. The van der Waals surface area contributed by atoms with Gasteiger partial charge in [-0.25, -0.2) is 8.42 Å². The van der Waals surface area contributed by atoms with Crippen LogP contribution in [0.4, 0.5) is 0 Å². The summed E-state index contributed by atoms with van der Waals surface area (Å²) in [4.78, 5) is 0.0803. The molecule has 8 heteroatoms. The zero-order valence-corrected chi connectivity index (χ0v) is 14.9. The molecule has 0 saturated heterocycles. The van der Waals surface area contributed by atoms with E-state index >= 15 is 0 Å². The number of hydrogen-bond donors (Lipinski definition) is 0. The molecule has 0 amide bonds. The van der Waals surface area contributed by atoms with Gasteiger partial charge in [0.05, 0.1) is 29.5 Å². The highest BCUT2D eigenvalue weighted by molar-refractivity contribution is 9.10. The SMILES string of the molecule is COc1ccc(Cn2nc(C)c(S(=O)(=O)Cl)c2C)cc1Br. The molecule has 1 aromatic heterocycles. The van der Waals surface area contributed by atoms with E-state index in [1.54, 1.807) is 25.6 Å². The topological polar surface area (TPSA) is 61.2 Å². The molecule has 1 heterocycles.